The average molecular weight is 212 g/mol. The Balaban J connectivity index is 1.97. The van der Waals surface area contributed by atoms with Crippen molar-refractivity contribution in [3.63, 3.8) is 0 Å². The summed E-state index contributed by atoms with van der Waals surface area (Å²) in [7, 11) is 0. The van der Waals surface area contributed by atoms with E-state index >= 15 is 0 Å². The Morgan fingerprint density at radius 3 is 2.69 bits per heavy atom. The van der Waals surface area contributed by atoms with Crippen molar-refractivity contribution >= 4 is 10.9 Å². The van der Waals surface area contributed by atoms with E-state index < -0.39 is 0 Å². The molecule has 0 saturated heterocycles. The van der Waals surface area contributed by atoms with Crippen LogP contribution in [-0.4, -0.2) is 4.98 Å². The molecule has 2 N–H and O–H groups in total. The third-order valence-corrected chi connectivity index (χ3v) is 3.62. The fraction of sp³-hybridized carbons (Fsp3) is 0.357. The third kappa shape index (κ3) is 1.59. The second-order valence-corrected chi connectivity index (χ2v) is 4.65. The van der Waals surface area contributed by atoms with Crippen LogP contribution in [0.4, 0.5) is 0 Å². The zero-order chi connectivity index (χ0) is 11.0. The molecule has 0 radical (unpaired) electrons. The maximum atomic E-state index is 6.23. The number of aromatic nitrogens is 1. The summed E-state index contributed by atoms with van der Waals surface area (Å²) in [6.07, 6.45) is 3.84. The Labute approximate surface area is 95.5 Å². The number of nitrogens with zero attached hydrogens (tertiary/aromatic N) is 1. The van der Waals surface area contributed by atoms with Gasteiger partial charge in [0.2, 0.25) is 0 Å². The van der Waals surface area contributed by atoms with Crippen molar-refractivity contribution < 1.29 is 0 Å². The van der Waals surface area contributed by atoms with E-state index in [9.17, 15) is 0 Å². The van der Waals surface area contributed by atoms with E-state index in [2.05, 4.69) is 23.2 Å². The molecule has 1 heterocycles. The highest BCUT2D eigenvalue weighted by Crippen LogP contribution is 2.35. The first kappa shape index (κ1) is 9.79. The molecule has 3 rings (SSSR count). The van der Waals surface area contributed by atoms with Gasteiger partial charge in [-0.15, -0.1) is 0 Å². The molecule has 0 spiro atoms. The van der Waals surface area contributed by atoms with Gasteiger partial charge >= 0.3 is 0 Å². The Kier molecular flexibility index (Phi) is 2.37. The zero-order valence-corrected chi connectivity index (χ0v) is 9.26. The monoisotopic (exact) mass is 212 g/mol. The SMILES string of the molecule is N[C@H](c1ccc2ccccc2n1)C1CCC1. The van der Waals surface area contributed by atoms with E-state index in [4.69, 9.17) is 5.73 Å². The first-order valence-corrected chi connectivity index (χ1v) is 5.96. The van der Waals surface area contributed by atoms with Crippen LogP contribution >= 0.6 is 0 Å². The predicted octanol–water partition coefficient (Wildman–Crippen LogP) is 3.03. The maximum Gasteiger partial charge on any atom is 0.0706 e. The molecule has 1 fully saturated rings. The van der Waals surface area contributed by atoms with Crippen LogP contribution in [-0.2, 0) is 0 Å². The van der Waals surface area contributed by atoms with Gasteiger partial charge in [0.15, 0.2) is 0 Å². The molecule has 0 bridgehead atoms. The van der Waals surface area contributed by atoms with Crippen LogP contribution in [0.15, 0.2) is 36.4 Å². The van der Waals surface area contributed by atoms with Gasteiger partial charge in [0.1, 0.15) is 0 Å². The van der Waals surface area contributed by atoms with E-state index in [1.807, 2.05) is 18.2 Å². The molecule has 1 aromatic heterocycles. The molecule has 0 amide bonds. The Morgan fingerprint density at radius 1 is 1.12 bits per heavy atom. The number of nitrogens with two attached hydrogens (primary N) is 1. The zero-order valence-electron chi connectivity index (χ0n) is 9.26. The number of hydrogen-bond donors (Lipinski definition) is 1. The summed E-state index contributed by atoms with van der Waals surface area (Å²) < 4.78 is 0. The van der Waals surface area contributed by atoms with Crippen LogP contribution < -0.4 is 5.73 Å². The van der Waals surface area contributed by atoms with Crippen molar-refractivity contribution in [1.29, 1.82) is 0 Å². The van der Waals surface area contributed by atoms with E-state index in [1.54, 1.807) is 0 Å². The second kappa shape index (κ2) is 3.87. The fourth-order valence-electron chi connectivity index (χ4n) is 2.31. The lowest BCUT2D eigenvalue weighted by Crippen LogP contribution is -2.27. The molecule has 1 aromatic carbocycles. The predicted molar refractivity (Wildman–Crippen MR) is 66.0 cm³/mol. The van der Waals surface area contributed by atoms with Gasteiger partial charge in [-0.25, -0.2) is 0 Å². The highest BCUT2D eigenvalue weighted by Gasteiger charge is 2.26. The first-order valence-electron chi connectivity index (χ1n) is 5.96. The largest absolute Gasteiger partial charge is 0.322 e. The lowest BCUT2D eigenvalue weighted by atomic mass is 9.79. The summed E-state index contributed by atoms with van der Waals surface area (Å²) in [5.41, 5.74) is 8.32. The first-order chi connectivity index (χ1) is 7.84. The lowest BCUT2D eigenvalue weighted by Gasteiger charge is -2.30. The Hall–Kier alpha value is -1.41. The van der Waals surface area contributed by atoms with Gasteiger partial charge in [-0.05, 0) is 30.9 Å². The van der Waals surface area contributed by atoms with Gasteiger partial charge in [0.25, 0.3) is 0 Å². The van der Waals surface area contributed by atoms with Gasteiger partial charge in [-0.3, -0.25) is 4.98 Å². The van der Waals surface area contributed by atoms with Crippen molar-refractivity contribution in [2.75, 3.05) is 0 Å². The summed E-state index contributed by atoms with van der Waals surface area (Å²) in [6, 6.07) is 12.5. The molecule has 0 unspecified atom stereocenters. The molecular formula is C14H16N2. The van der Waals surface area contributed by atoms with Crippen LogP contribution in [0.1, 0.15) is 31.0 Å². The summed E-state index contributed by atoms with van der Waals surface area (Å²) >= 11 is 0. The topological polar surface area (TPSA) is 38.9 Å². The lowest BCUT2D eigenvalue weighted by molar-refractivity contribution is 0.261. The fourth-order valence-corrected chi connectivity index (χ4v) is 2.31. The van der Waals surface area contributed by atoms with Gasteiger partial charge in [-0.2, -0.15) is 0 Å². The van der Waals surface area contributed by atoms with E-state index in [0.29, 0.717) is 5.92 Å². The van der Waals surface area contributed by atoms with Crippen molar-refractivity contribution in [2.45, 2.75) is 25.3 Å². The molecule has 2 nitrogen and oxygen atoms in total. The van der Waals surface area contributed by atoms with E-state index in [-0.39, 0.29) is 6.04 Å². The maximum absolute atomic E-state index is 6.23. The molecule has 1 atom stereocenters. The summed E-state index contributed by atoms with van der Waals surface area (Å²) in [4.78, 5) is 4.65. The van der Waals surface area contributed by atoms with Crippen LogP contribution in [0.2, 0.25) is 0 Å². The summed E-state index contributed by atoms with van der Waals surface area (Å²) in [5, 5.41) is 1.19. The van der Waals surface area contributed by atoms with E-state index in [0.717, 1.165) is 11.2 Å². The van der Waals surface area contributed by atoms with Gasteiger partial charge < -0.3 is 5.73 Å². The van der Waals surface area contributed by atoms with Gasteiger partial charge in [-0.1, -0.05) is 30.7 Å². The van der Waals surface area contributed by atoms with Gasteiger partial charge in [0.05, 0.1) is 11.2 Å². The minimum Gasteiger partial charge on any atom is -0.322 e. The number of fused-ring (bicyclic) bond motifs is 1. The molecule has 1 aliphatic carbocycles. The van der Waals surface area contributed by atoms with Crippen LogP contribution in [0.5, 0.6) is 0 Å². The smallest absolute Gasteiger partial charge is 0.0706 e. The number of hydrogen-bond acceptors (Lipinski definition) is 2. The number of pyridine rings is 1. The minimum absolute atomic E-state index is 0.123. The van der Waals surface area contributed by atoms with Crippen LogP contribution in [0.25, 0.3) is 10.9 Å². The number of benzene rings is 1. The summed E-state index contributed by atoms with van der Waals surface area (Å²) in [5.74, 6) is 0.647. The minimum atomic E-state index is 0.123. The van der Waals surface area contributed by atoms with Crippen LogP contribution in [0.3, 0.4) is 0 Å². The highest BCUT2D eigenvalue weighted by molar-refractivity contribution is 5.78. The standard InChI is InChI=1S/C14H16N2/c15-14(11-5-3-6-11)13-9-8-10-4-1-2-7-12(10)16-13/h1-2,4,7-9,11,14H,3,5-6,15H2/t14-/m0/s1. The van der Waals surface area contributed by atoms with Crippen LogP contribution in [0, 0.1) is 5.92 Å². The molecule has 2 heteroatoms. The molecular weight excluding hydrogens is 196 g/mol. The molecule has 16 heavy (non-hydrogen) atoms. The van der Waals surface area contributed by atoms with Crippen molar-refractivity contribution in [2.24, 2.45) is 11.7 Å². The molecule has 0 aliphatic heterocycles. The molecule has 2 aromatic rings. The summed E-state index contributed by atoms with van der Waals surface area (Å²) in [6.45, 7) is 0. The number of para-hydroxylation sites is 1. The van der Waals surface area contributed by atoms with Gasteiger partial charge in [0, 0.05) is 11.4 Å². The molecule has 82 valence electrons. The van der Waals surface area contributed by atoms with E-state index in [1.165, 1.54) is 24.6 Å². The van der Waals surface area contributed by atoms with Crippen molar-refractivity contribution in [1.82, 2.24) is 4.98 Å². The molecule has 1 aliphatic rings. The molecule has 1 saturated carbocycles. The number of rotatable bonds is 2. The second-order valence-electron chi connectivity index (χ2n) is 4.65. The average Bonchev–Trinajstić information content (AvgIpc) is 2.26. The Morgan fingerprint density at radius 2 is 1.94 bits per heavy atom. The third-order valence-electron chi connectivity index (χ3n) is 3.62. The quantitative estimate of drug-likeness (QED) is 0.831. The highest BCUT2D eigenvalue weighted by atomic mass is 14.8. The Bertz CT molecular complexity index is 503. The normalized spacial score (nSPS) is 18.3. The van der Waals surface area contributed by atoms with Crippen molar-refractivity contribution in [3.05, 3.63) is 42.1 Å². The van der Waals surface area contributed by atoms with Crippen molar-refractivity contribution in [3.8, 4) is 0 Å².